The minimum Gasteiger partial charge on any atom is -0.497 e. The highest BCUT2D eigenvalue weighted by molar-refractivity contribution is 6.31. The number of aromatic nitrogens is 1. The van der Waals surface area contributed by atoms with Crippen LogP contribution in [0.4, 0.5) is 0 Å². The number of aryl methyl sites for hydroxylation is 2. The number of carboxylic acids is 1. The number of rotatable bonds is 12. The number of halogens is 1. The van der Waals surface area contributed by atoms with Gasteiger partial charge >= 0.3 is 5.97 Å². The number of fused-ring (bicyclic) bond motifs is 1. The molecule has 2 aromatic carbocycles. The lowest BCUT2D eigenvalue weighted by atomic mass is 9.79. The number of carboxylic acid groups (broad SMARTS) is 1. The van der Waals surface area contributed by atoms with Gasteiger partial charge in [-0.05, 0) is 111 Å². The van der Waals surface area contributed by atoms with Crippen molar-refractivity contribution >= 4 is 28.5 Å². The second-order valence-electron chi connectivity index (χ2n) is 10.0. The molecule has 0 aliphatic carbocycles. The topological polar surface area (TPSA) is 62.7 Å². The van der Waals surface area contributed by atoms with Crippen LogP contribution in [0.5, 0.6) is 5.75 Å². The molecule has 2 heterocycles. The van der Waals surface area contributed by atoms with Gasteiger partial charge in [-0.15, -0.1) is 0 Å². The highest BCUT2D eigenvalue weighted by Gasteiger charge is 2.30. The third-order valence-corrected chi connectivity index (χ3v) is 7.97. The Labute approximate surface area is 219 Å². The van der Waals surface area contributed by atoms with Gasteiger partial charge in [0.25, 0.3) is 0 Å². The number of pyridine rings is 1. The van der Waals surface area contributed by atoms with Crippen molar-refractivity contribution in [2.45, 2.75) is 51.4 Å². The summed E-state index contributed by atoms with van der Waals surface area (Å²) >= 11 is 6.28. The number of unbranched alkanes of at least 4 members (excludes halogenated alkanes) is 1. The number of hydrogen-bond donors (Lipinski definition) is 1. The fourth-order valence-corrected chi connectivity index (χ4v) is 5.86. The lowest BCUT2D eigenvalue weighted by molar-refractivity contribution is -0.139. The van der Waals surface area contributed by atoms with Crippen molar-refractivity contribution < 1.29 is 14.6 Å². The van der Waals surface area contributed by atoms with Gasteiger partial charge in [-0.25, -0.2) is 0 Å². The zero-order valence-electron chi connectivity index (χ0n) is 21.2. The first-order valence-electron chi connectivity index (χ1n) is 13.1. The number of piperidine rings is 1. The van der Waals surface area contributed by atoms with Crippen LogP contribution in [0.3, 0.4) is 0 Å². The second-order valence-corrected chi connectivity index (χ2v) is 10.4. The Morgan fingerprint density at radius 2 is 1.92 bits per heavy atom. The monoisotopic (exact) mass is 508 g/mol. The van der Waals surface area contributed by atoms with Crippen LogP contribution in [-0.4, -0.2) is 47.7 Å². The van der Waals surface area contributed by atoms with E-state index in [9.17, 15) is 9.90 Å². The van der Waals surface area contributed by atoms with Crippen LogP contribution >= 0.6 is 11.6 Å². The summed E-state index contributed by atoms with van der Waals surface area (Å²) in [6.45, 7) is 2.97. The number of benzene rings is 2. The van der Waals surface area contributed by atoms with Gasteiger partial charge in [0, 0.05) is 29.6 Å². The van der Waals surface area contributed by atoms with Gasteiger partial charge in [-0.3, -0.25) is 9.78 Å². The molecule has 0 spiro atoms. The molecule has 0 saturated carbocycles. The molecule has 1 aliphatic heterocycles. The molecule has 6 heteroatoms. The highest BCUT2D eigenvalue weighted by atomic mass is 35.5. The largest absolute Gasteiger partial charge is 0.497 e. The number of aliphatic carboxylic acids is 1. The summed E-state index contributed by atoms with van der Waals surface area (Å²) in [4.78, 5) is 18.6. The van der Waals surface area contributed by atoms with Crippen molar-refractivity contribution in [1.29, 1.82) is 0 Å². The van der Waals surface area contributed by atoms with Crippen molar-refractivity contribution in [2.24, 2.45) is 11.8 Å². The third kappa shape index (κ3) is 7.21. The molecule has 1 aliphatic rings. The van der Waals surface area contributed by atoms with Crippen molar-refractivity contribution in [2.75, 3.05) is 26.7 Å². The molecule has 2 atom stereocenters. The summed E-state index contributed by atoms with van der Waals surface area (Å²) in [6.07, 6.45) is 9.48. The molecule has 1 aromatic heterocycles. The van der Waals surface area contributed by atoms with Crippen LogP contribution < -0.4 is 4.74 Å². The number of ether oxygens (including phenoxy) is 1. The van der Waals surface area contributed by atoms with E-state index in [4.69, 9.17) is 16.3 Å². The standard InChI is InChI=1S/C30H37ClN2O3/c1-36-26-12-13-29-27(20-26)23(14-16-32-29)10-6-9-22-15-18-33(21-25(22)19-30(34)35)17-5-4-8-24-7-2-3-11-28(24)31/h2-3,7,11-14,16,20,22,25H,4-6,8-10,15,17-19,21H2,1H3,(H,34,35)/t22-,25+/m1/s1. The van der Waals surface area contributed by atoms with E-state index in [2.05, 4.69) is 28.1 Å². The van der Waals surface area contributed by atoms with Crippen LogP contribution in [0.25, 0.3) is 10.9 Å². The van der Waals surface area contributed by atoms with Crippen molar-refractivity contribution in [3.05, 3.63) is 70.9 Å². The van der Waals surface area contributed by atoms with E-state index in [-0.39, 0.29) is 12.3 Å². The number of nitrogens with zero attached hydrogens (tertiary/aromatic N) is 2. The molecule has 36 heavy (non-hydrogen) atoms. The summed E-state index contributed by atoms with van der Waals surface area (Å²) in [5.74, 6) is 0.840. The predicted octanol–water partition coefficient (Wildman–Crippen LogP) is 6.66. The van der Waals surface area contributed by atoms with E-state index >= 15 is 0 Å². The van der Waals surface area contributed by atoms with Gasteiger partial charge in [0.15, 0.2) is 0 Å². The fourth-order valence-electron chi connectivity index (χ4n) is 5.63. The maximum absolute atomic E-state index is 11.6. The zero-order chi connectivity index (χ0) is 25.3. The molecule has 4 rings (SSSR count). The number of likely N-dealkylation sites (tertiary alicyclic amines) is 1. The molecule has 0 bridgehead atoms. The molecular formula is C30H37ClN2O3. The summed E-state index contributed by atoms with van der Waals surface area (Å²) in [5, 5.41) is 11.5. The van der Waals surface area contributed by atoms with Crippen molar-refractivity contribution in [1.82, 2.24) is 9.88 Å². The first-order valence-corrected chi connectivity index (χ1v) is 13.5. The Bertz CT molecular complexity index is 1150. The molecule has 1 saturated heterocycles. The van der Waals surface area contributed by atoms with Gasteiger partial charge in [-0.2, -0.15) is 0 Å². The molecule has 3 aromatic rings. The normalized spacial score (nSPS) is 18.4. The minimum atomic E-state index is -0.683. The molecule has 1 fully saturated rings. The Hall–Kier alpha value is -2.63. The van der Waals surface area contributed by atoms with E-state index in [1.807, 2.05) is 36.5 Å². The van der Waals surface area contributed by atoms with Gasteiger partial charge < -0.3 is 14.7 Å². The lowest BCUT2D eigenvalue weighted by Crippen LogP contribution is -2.41. The third-order valence-electron chi connectivity index (χ3n) is 7.60. The Morgan fingerprint density at radius 1 is 1.08 bits per heavy atom. The minimum absolute atomic E-state index is 0.217. The van der Waals surface area contributed by atoms with Crippen molar-refractivity contribution in [3.63, 3.8) is 0 Å². The average Bonchev–Trinajstić information content (AvgIpc) is 2.88. The highest BCUT2D eigenvalue weighted by Crippen LogP contribution is 2.32. The van der Waals surface area contributed by atoms with Crippen molar-refractivity contribution in [3.8, 4) is 5.75 Å². The predicted molar refractivity (Wildman–Crippen MR) is 146 cm³/mol. The smallest absolute Gasteiger partial charge is 0.303 e. The average molecular weight is 509 g/mol. The van der Waals surface area contributed by atoms with Crippen LogP contribution in [0.1, 0.15) is 49.7 Å². The Morgan fingerprint density at radius 3 is 2.72 bits per heavy atom. The molecule has 0 unspecified atom stereocenters. The Kier molecular flexibility index (Phi) is 9.60. The summed E-state index contributed by atoms with van der Waals surface area (Å²) in [6, 6.07) is 16.2. The summed E-state index contributed by atoms with van der Waals surface area (Å²) in [7, 11) is 1.69. The van der Waals surface area contributed by atoms with E-state index in [1.165, 1.54) is 11.1 Å². The molecular weight excluding hydrogens is 472 g/mol. The molecule has 1 N–H and O–H groups in total. The van der Waals surface area contributed by atoms with E-state index in [0.717, 1.165) is 86.3 Å². The van der Waals surface area contributed by atoms with Crippen LogP contribution in [-0.2, 0) is 17.6 Å². The summed E-state index contributed by atoms with van der Waals surface area (Å²) < 4.78 is 5.41. The zero-order valence-corrected chi connectivity index (χ0v) is 21.9. The van der Waals surface area contributed by atoms with E-state index in [1.54, 1.807) is 7.11 Å². The summed E-state index contributed by atoms with van der Waals surface area (Å²) in [5.41, 5.74) is 3.48. The molecule has 192 valence electrons. The van der Waals surface area contributed by atoms with Crippen LogP contribution in [0.2, 0.25) is 5.02 Å². The fraction of sp³-hybridized carbons (Fsp3) is 0.467. The number of methoxy groups -OCH3 is 1. The van der Waals surface area contributed by atoms with E-state index in [0.29, 0.717) is 5.92 Å². The van der Waals surface area contributed by atoms with Gasteiger partial charge in [-0.1, -0.05) is 29.8 Å². The number of carbonyl (C=O) groups is 1. The quantitative estimate of drug-likeness (QED) is 0.277. The maximum Gasteiger partial charge on any atom is 0.303 e. The molecule has 5 nitrogen and oxygen atoms in total. The number of hydrogen-bond acceptors (Lipinski definition) is 4. The SMILES string of the molecule is COc1ccc2nccc(CCC[C@@H]3CCN(CCCCc4ccccc4Cl)C[C@@H]3CC(=O)O)c2c1. The molecule has 0 radical (unpaired) electrons. The van der Waals surface area contributed by atoms with Crippen LogP contribution in [0, 0.1) is 11.8 Å². The first-order chi connectivity index (χ1) is 17.5. The van der Waals surface area contributed by atoms with E-state index < -0.39 is 5.97 Å². The van der Waals surface area contributed by atoms with Gasteiger partial charge in [0.05, 0.1) is 12.6 Å². The lowest BCUT2D eigenvalue weighted by Gasteiger charge is -2.38. The van der Waals surface area contributed by atoms with Gasteiger partial charge in [0.1, 0.15) is 5.75 Å². The van der Waals surface area contributed by atoms with Crippen LogP contribution in [0.15, 0.2) is 54.7 Å². The first kappa shape index (κ1) is 26.4. The second kappa shape index (κ2) is 13.1. The maximum atomic E-state index is 11.6. The Balaban J connectivity index is 1.27. The molecule has 0 amide bonds. The van der Waals surface area contributed by atoms with Gasteiger partial charge in [0.2, 0.25) is 0 Å².